The van der Waals surface area contributed by atoms with Crippen LogP contribution in [0, 0.1) is 0 Å². The van der Waals surface area contributed by atoms with E-state index < -0.39 is 45.9 Å². The topological polar surface area (TPSA) is 153 Å². The van der Waals surface area contributed by atoms with Crippen molar-refractivity contribution in [3.8, 4) is 0 Å². The van der Waals surface area contributed by atoms with Crippen molar-refractivity contribution in [2.75, 3.05) is 26.6 Å². The predicted molar refractivity (Wildman–Crippen MR) is 97.1 cm³/mol. The van der Waals surface area contributed by atoms with Crippen LogP contribution in [0.1, 0.15) is 5.56 Å². The van der Waals surface area contributed by atoms with E-state index in [0.29, 0.717) is 0 Å². The highest BCUT2D eigenvalue weighted by Gasteiger charge is 2.25. The third kappa shape index (κ3) is 4.56. The van der Waals surface area contributed by atoms with Gasteiger partial charge in [0.1, 0.15) is 10.6 Å². The molecule has 0 atom stereocenters. The highest BCUT2D eigenvalue weighted by atomic mass is 32.2. The summed E-state index contributed by atoms with van der Waals surface area (Å²) >= 11 is 0. The summed E-state index contributed by atoms with van der Waals surface area (Å²) in [4.78, 5) is -0.903. The predicted octanol–water partition coefficient (Wildman–Crippen LogP) is 0.940. The van der Waals surface area contributed by atoms with Crippen LogP contribution >= 0.6 is 0 Å². The largest absolute Gasteiger partial charge is 0.388 e. The molecule has 0 saturated heterocycles. The van der Waals surface area contributed by atoms with E-state index in [9.17, 15) is 25.3 Å². The smallest absolute Gasteiger partial charge is 0.297 e. The van der Waals surface area contributed by atoms with Crippen molar-refractivity contribution in [1.82, 2.24) is 0 Å². The summed E-state index contributed by atoms with van der Waals surface area (Å²) in [5, 5.41) is 2.91. The van der Waals surface area contributed by atoms with E-state index in [1.807, 2.05) is 0 Å². The molecule has 0 aliphatic rings. The molecule has 10 nitrogen and oxygen atoms in total. The molecular formula is C14H17NO9S3. The Morgan fingerprint density at radius 2 is 1.52 bits per heavy atom. The summed E-state index contributed by atoms with van der Waals surface area (Å²) in [5.41, 5.74) is 0.310. The van der Waals surface area contributed by atoms with Gasteiger partial charge in [-0.25, -0.2) is 0 Å². The maximum absolute atomic E-state index is 12.3. The summed E-state index contributed by atoms with van der Waals surface area (Å²) in [6, 6.07) is 4.61. The van der Waals surface area contributed by atoms with E-state index in [2.05, 4.69) is 13.7 Å². The molecule has 13 heteroatoms. The molecule has 0 radical (unpaired) electrons. The highest BCUT2D eigenvalue weighted by Crippen LogP contribution is 2.35. The fourth-order valence-corrected chi connectivity index (χ4v) is 4.85. The monoisotopic (exact) mass is 439 g/mol. The van der Waals surface area contributed by atoms with E-state index in [1.54, 1.807) is 0 Å². The van der Waals surface area contributed by atoms with Gasteiger partial charge < -0.3 is 5.32 Å². The van der Waals surface area contributed by atoms with E-state index in [4.69, 9.17) is 4.55 Å². The molecule has 0 unspecified atom stereocenters. The molecule has 0 amide bonds. The van der Waals surface area contributed by atoms with Crippen molar-refractivity contribution in [2.24, 2.45) is 0 Å². The van der Waals surface area contributed by atoms with Crippen LogP contribution in [0.5, 0.6) is 0 Å². The van der Waals surface area contributed by atoms with Gasteiger partial charge in [-0.1, -0.05) is 0 Å². The molecule has 0 aliphatic carbocycles. The van der Waals surface area contributed by atoms with Crippen molar-refractivity contribution >= 4 is 46.8 Å². The maximum Gasteiger partial charge on any atom is 0.297 e. The molecule has 150 valence electrons. The first-order chi connectivity index (χ1) is 12.3. The fraction of sp³-hybridized carbons (Fsp3) is 0.286. The first kappa shape index (κ1) is 21.5. The molecule has 0 saturated carbocycles. The van der Waals surface area contributed by atoms with Crippen molar-refractivity contribution in [2.45, 2.75) is 15.5 Å². The SMILES string of the molecule is CNc1cc(CS(=O)(=O)O)cc2cc(S(=O)(=O)OC)cc(S(=O)(=O)OC)c12. The second kappa shape index (κ2) is 7.33. The van der Waals surface area contributed by atoms with Crippen LogP contribution in [0.25, 0.3) is 10.8 Å². The molecule has 27 heavy (non-hydrogen) atoms. The lowest BCUT2D eigenvalue weighted by Gasteiger charge is -2.15. The van der Waals surface area contributed by atoms with Gasteiger partial charge in [-0.2, -0.15) is 25.3 Å². The average molecular weight is 439 g/mol. The number of nitrogens with one attached hydrogen (secondary N) is 1. The first-order valence-corrected chi connectivity index (χ1v) is 11.6. The fourth-order valence-electron chi connectivity index (χ4n) is 2.53. The van der Waals surface area contributed by atoms with Gasteiger partial charge in [0.15, 0.2) is 0 Å². The standard InChI is InChI=1S/C14H17NO9S3/c1-15-12-5-9(8-25(16,17)18)4-10-6-11(26(19,20)23-2)7-13(14(10)12)27(21,22)24-3/h4-7,15H,8H2,1-3H3,(H,16,17,18). The number of hydrogen-bond donors (Lipinski definition) is 2. The average Bonchev–Trinajstić information content (AvgIpc) is 2.58. The Kier molecular flexibility index (Phi) is 5.85. The molecule has 0 heterocycles. The summed E-state index contributed by atoms with van der Waals surface area (Å²) in [5.74, 6) is -0.745. The lowest BCUT2D eigenvalue weighted by molar-refractivity contribution is 0.396. The third-order valence-corrected chi connectivity index (χ3v) is 6.91. The number of benzene rings is 2. The van der Waals surface area contributed by atoms with Gasteiger partial charge in [0, 0.05) is 18.1 Å². The Hall–Kier alpha value is -1.77. The van der Waals surface area contributed by atoms with Gasteiger partial charge in [0.2, 0.25) is 0 Å². The molecule has 2 aromatic carbocycles. The lowest BCUT2D eigenvalue weighted by atomic mass is 10.1. The molecule has 0 bridgehead atoms. The second-order valence-electron chi connectivity index (χ2n) is 5.38. The van der Waals surface area contributed by atoms with Gasteiger partial charge in [-0.05, 0) is 35.2 Å². The van der Waals surface area contributed by atoms with Crippen LogP contribution in [0.4, 0.5) is 5.69 Å². The van der Waals surface area contributed by atoms with Crippen molar-refractivity contribution in [3.05, 3.63) is 29.8 Å². The van der Waals surface area contributed by atoms with E-state index in [0.717, 1.165) is 26.4 Å². The molecule has 2 N–H and O–H groups in total. The van der Waals surface area contributed by atoms with E-state index in [-0.39, 0.29) is 22.0 Å². The van der Waals surface area contributed by atoms with Crippen molar-refractivity contribution < 1.29 is 38.2 Å². The van der Waals surface area contributed by atoms with Crippen molar-refractivity contribution in [1.29, 1.82) is 0 Å². The van der Waals surface area contributed by atoms with Crippen LogP contribution in [0.2, 0.25) is 0 Å². The molecular weight excluding hydrogens is 422 g/mol. The molecule has 2 aromatic rings. The number of rotatable bonds is 7. The molecule has 2 rings (SSSR count). The molecule has 0 aliphatic heterocycles. The summed E-state index contributed by atoms with van der Waals surface area (Å²) in [6.45, 7) is 0. The molecule has 0 spiro atoms. The number of hydrogen-bond acceptors (Lipinski definition) is 9. The second-order valence-corrected chi connectivity index (χ2v) is 10.2. The zero-order valence-corrected chi connectivity index (χ0v) is 16.9. The minimum absolute atomic E-state index is 0.0912. The zero-order chi connectivity index (χ0) is 20.6. The minimum Gasteiger partial charge on any atom is -0.388 e. The number of fused-ring (bicyclic) bond motifs is 1. The maximum atomic E-state index is 12.3. The van der Waals surface area contributed by atoms with Crippen LogP contribution in [-0.2, 0) is 44.5 Å². The first-order valence-electron chi connectivity index (χ1n) is 7.19. The van der Waals surface area contributed by atoms with Gasteiger partial charge in [0.25, 0.3) is 30.4 Å². The highest BCUT2D eigenvalue weighted by molar-refractivity contribution is 7.87. The summed E-state index contributed by atoms with van der Waals surface area (Å²) < 4.78 is 89.2. The normalized spacial score (nSPS) is 13.0. The van der Waals surface area contributed by atoms with Crippen LogP contribution < -0.4 is 5.32 Å². The molecule has 0 fully saturated rings. The number of anilines is 1. The van der Waals surface area contributed by atoms with Crippen LogP contribution in [0.15, 0.2) is 34.1 Å². The Morgan fingerprint density at radius 1 is 0.926 bits per heavy atom. The summed E-state index contributed by atoms with van der Waals surface area (Å²) in [6.07, 6.45) is 0. The Balaban J connectivity index is 3.02. The van der Waals surface area contributed by atoms with Crippen LogP contribution in [0.3, 0.4) is 0 Å². The zero-order valence-electron chi connectivity index (χ0n) is 14.5. The van der Waals surface area contributed by atoms with Crippen LogP contribution in [-0.4, -0.2) is 51.1 Å². The van der Waals surface area contributed by atoms with Gasteiger partial charge in [-0.3, -0.25) is 12.9 Å². The Morgan fingerprint density at radius 3 is 2.00 bits per heavy atom. The van der Waals surface area contributed by atoms with Gasteiger partial charge >= 0.3 is 0 Å². The van der Waals surface area contributed by atoms with Gasteiger partial charge in [0.05, 0.1) is 19.1 Å². The Labute approximate surface area is 157 Å². The molecule has 0 aromatic heterocycles. The Bertz CT molecular complexity index is 1200. The lowest BCUT2D eigenvalue weighted by Crippen LogP contribution is -2.10. The van der Waals surface area contributed by atoms with E-state index >= 15 is 0 Å². The van der Waals surface area contributed by atoms with Gasteiger partial charge in [-0.15, -0.1) is 0 Å². The van der Waals surface area contributed by atoms with Crippen molar-refractivity contribution in [3.63, 3.8) is 0 Å². The van der Waals surface area contributed by atoms with E-state index in [1.165, 1.54) is 19.2 Å². The minimum atomic E-state index is -4.37. The summed E-state index contributed by atoms with van der Waals surface area (Å²) in [7, 11) is -9.65. The third-order valence-electron chi connectivity index (χ3n) is 3.66. The quantitative estimate of drug-likeness (QED) is 0.470.